The lowest BCUT2D eigenvalue weighted by atomic mass is 9.96. The first-order valence-electron chi connectivity index (χ1n) is 4.96. The molecule has 3 rings (SSSR count). The van der Waals surface area contributed by atoms with Crippen LogP contribution in [0.5, 0.6) is 5.75 Å². The van der Waals surface area contributed by atoms with E-state index in [0.29, 0.717) is 0 Å². The minimum Gasteiger partial charge on any atom is -0.485 e. The molecule has 0 saturated carbocycles. The van der Waals surface area contributed by atoms with Gasteiger partial charge in [-0.3, -0.25) is 0 Å². The Morgan fingerprint density at radius 3 is 3.00 bits per heavy atom. The molecule has 1 N–H and O–H groups in total. The van der Waals surface area contributed by atoms with Gasteiger partial charge in [-0.05, 0) is 24.2 Å². The largest absolute Gasteiger partial charge is 0.485 e. The van der Waals surface area contributed by atoms with Gasteiger partial charge in [0.2, 0.25) is 0 Å². The fourth-order valence-electron chi connectivity index (χ4n) is 2.34. The smallest absolute Gasteiger partial charge is 0.127 e. The van der Waals surface area contributed by atoms with Crippen molar-refractivity contribution in [2.45, 2.75) is 18.4 Å². The third kappa shape index (κ3) is 1.88. The predicted octanol–water partition coefficient (Wildman–Crippen LogP) is 2.54. The molecule has 1 spiro atoms. The Bertz CT molecular complexity index is 377. The lowest BCUT2D eigenvalue weighted by Crippen LogP contribution is -2.36. The molecule has 2 nitrogen and oxygen atoms in total. The Morgan fingerprint density at radius 2 is 2.27 bits per heavy atom. The van der Waals surface area contributed by atoms with Gasteiger partial charge in [0.05, 0.1) is 0 Å². The van der Waals surface area contributed by atoms with E-state index in [4.69, 9.17) is 4.74 Å². The summed E-state index contributed by atoms with van der Waals surface area (Å²) in [4.78, 5) is 0. The molecule has 0 radical (unpaired) electrons. The molecule has 1 saturated heterocycles. The van der Waals surface area contributed by atoms with Crippen molar-refractivity contribution in [3.05, 3.63) is 28.2 Å². The van der Waals surface area contributed by atoms with E-state index in [2.05, 4.69) is 39.4 Å². The van der Waals surface area contributed by atoms with Gasteiger partial charge in [-0.2, -0.15) is 0 Å². The van der Waals surface area contributed by atoms with Crippen LogP contribution in [0.3, 0.4) is 0 Å². The Hall–Kier alpha value is -0.250. The molecule has 0 aliphatic carbocycles. The molecule has 2 aliphatic heterocycles. The fourth-order valence-corrected chi connectivity index (χ4v) is 2.68. The fraction of sp³-hybridized carbons (Fsp3) is 0.455. The van der Waals surface area contributed by atoms with Crippen LogP contribution in [0.15, 0.2) is 22.7 Å². The quantitative estimate of drug-likeness (QED) is 0.793. The molecular formula is C11H13BrClNO. The monoisotopic (exact) mass is 289 g/mol. The number of ether oxygens (including phenoxy) is 1. The van der Waals surface area contributed by atoms with Crippen LogP contribution in [0.1, 0.15) is 12.0 Å². The number of hydrogen-bond donors (Lipinski definition) is 1. The summed E-state index contributed by atoms with van der Waals surface area (Å²) in [5, 5.41) is 3.37. The molecule has 1 atom stereocenters. The van der Waals surface area contributed by atoms with Gasteiger partial charge in [-0.1, -0.05) is 22.0 Å². The van der Waals surface area contributed by atoms with Gasteiger partial charge in [0.1, 0.15) is 11.4 Å². The van der Waals surface area contributed by atoms with Gasteiger partial charge in [0.15, 0.2) is 0 Å². The second kappa shape index (κ2) is 3.96. The summed E-state index contributed by atoms with van der Waals surface area (Å²) in [7, 11) is 0. The van der Waals surface area contributed by atoms with Gasteiger partial charge < -0.3 is 10.1 Å². The van der Waals surface area contributed by atoms with Crippen LogP contribution in [0.2, 0.25) is 0 Å². The van der Waals surface area contributed by atoms with E-state index in [1.54, 1.807) is 0 Å². The Kier molecular flexibility index (Phi) is 2.97. The number of halogens is 2. The molecule has 1 unspecified atom stereocenters. The zero-order valence-corrected chi connectivity index (χ0v) is 10.7. The van der Waals surface area contributed by atoms with Crippen molar-refractivity contribution in [3.8, 4) is 5.75 Å². The van der Waals surface area contributed by atoms with E-state index in [-0.39, 0.29) is 18.0 Å². The molecule has 15 heavy (non-hydrogen) atoms. The predicted molar refractivity (Wildman–Crippen MR) is 65.9 cm³/mol. The van der Waals surface area contributed by atoms with Crippen LogP contribution >= 0.6 is 28.3 Å². The maximum absolute atomic E-state index is 6.04. The van der Waals surface area contributed by atoms with Crippen LogP contribution in [0, 0.1) is 0 Å². The highest BCUT2D eigenvalue weighted by molar-refractivity contribution is 9.10. The highest BCUT2D eigenvalue weighted by Crippen LogP contribution is 2.39. The maximum Gasteiger partial charge on any atom is 0.127 e. The molecule has 1 aromatic rings. The summed E-state index contributed by atoms with van der Waals surface area (Å²) in [6.07, 6.45) is 2.18. The second-order valence-electron chi connectivity index (χ2n) is 4.14. The van der Waals surface area contributed by atoms with Gasteiger partial charge in [-0.15, -0.1) is 12.4 Å². The Morgan fingerprint density at radius 1 is 1.40 bits per heavy atom. The van der Waals surface area contributed by atoms with E-state index in [1.807, 2.05) is 0 Å². The number of fused-ring (bicyclic) bond motifs is 1. The molecule has 1 fully saturated rings. The van der Waals surface area contributed by atoms with Crippen LogP contribution in [-0.2, 0) is 6.42 Å². The Balaban J connectivity index is 0.000000853. The molecule has 82 valence electrons. The van der Waals surface area contributed by atoms with Crippen molar-refractivity contribution in [3.63, 3.8) is 0 Å². The minimum atomic E-state index is 0. The molecule has 1 aromatic carbocycles. The van der Waals surface area contributed by atoms with Gasteiger partial charge in [0.25, 0.3) is 0 Å². The number of nitrogens with one attached hydrogen (secondary N) is 1. The maximum atomic E-state index is 6.04. The summed E-state index contributed by atoms with van der Waals surface area (Å²) in [6, 6.07) is 6.32. The average molecular weight is 291 g/mol. The highest BCUT2D eigenvalue weighted by Gasteiger charge is 2.41. The van der Waals surface area contributed by atoms with E-state index >= 15 is 0 Å². The lowest BCUT2D eigenvalue weighted by molar-refractivity contribution is 0.117. The first kappa shape index (κ1) is 11.2. The second-order valence-corrected chi connectivity index (χ2v) is 5.06. The standard InChI is InChI=1S/C11H12BrNO.ClH/c12-9-2-1-8-6-11(3-4-13-7-11)14-10(8)5-9;/h1-2,5,13H,3-4,6-7H2;1H. The number of rotatable bonds is 0. The summed E-state index contributed by atoms with van der Waals surface area (Å²) >= 11 is 3.47. The van der Waals surface area contributed by atoms with E-state index in [0.717, 1.165) is 36.2 Å². The first-order valence-corrected chi connectivity index (χ1v) is 5.75. The Labute approximate surface area is 104 Å². The summed E-state index contributed by atoms with van der Waals surface area (Å²) in [5.41, 5.74) is 1.40. The molecule has 2 aliphatic rings. The van der Waals surface area contributed by atoms with Crippen molar-refractivity contribution >= 4 is 28.3 Å². The molecule has 2 heterocycles. The molecule has 0 amide bonds. The first-order chi connectivity index (χ1) is 6.77. The van der Waals surface area contributed by atoms with Crippen LogP contribution in [-0.4, -0.2) is 18.7 Å². The zero-order chi connectivity index (χ0) is 9.60. The van der Waals surface area contributed by atoms with E-state index < -0.39 is 0 Å². The van der Waals surface area contributed by atoms with E-state index in [9.17, 15) is 0 Å². The molecule has 0 bridgehead atoms. The number of hydrogen-bond acceptors (Lipinski definition) is 2. The third-order valence-corrected chi connectivity index (χ3v) is 3.57. The minimum absolute atomic E-state index is 0. The van der Waals surface area contributed by atoms with Crippen LogP contribution in [0.25, 0.3) is 0 Å². The zero-order valence-electron chi connectivity index (χ0n) is 8.25. The van der Waals surface area contributed by atoms with Crippen LogP contribution in [0.4, 0.5) is 0 Å². The van der Waals surface area contributed by atoms with Gasteiger partial charge in [-0.25, -0.2) is 0 Å². The van der Waals surface area contributed by atoms with Crippen LogP contribution < -0.4 is 10.1 Å². The van der Waals surface area contributed by atoms with Crippen molar-refractivity contribution < 1.29 is 4.74 Å². The summed E-state index contributed by atoms with van der Waals surface area (Å²) in [6.45, 7) is 2.06. The average Bonchev–Trinajstić information content (AvgIpc) is 2.72. The van der Waals surface area contributed by atoms with E-state index in [1.165, 1.54) is 5.56 Å². The van der Waals surface area contributed by atoms with Crippen molar-refractivity contribution in [1.82, 2.24) is 5.32 Å². The van der Waals surface area contributed by atoms with Crippen molar-refractivity contribution in [1.29, 1.82) is 0 Å². The van der Waals surface area contributed by atoms with Crippen molar-refractivity contribution in [2.24, 2.45) is 0 Å². The molecule has 0 aromatic heterocycles. The molecule has 4 heteroatoms. The molecular weight excluding hydrogens is 277 g/mol. The highest BCUT2D eigenvalue weighted by atomic mass is 79.9. The number of benzene rings is 1. The van der Waals surface area contributed by atoms with Crippen molar-refractivity contribution in [2.75, 3.05) is 13.1 Å². The normalized spacial score (nSPS) is 27.3. The SMILES string of the molecule is Brc1ccc2c(c1)OC1(CCNC1)C2.Cl. The van der Waals surface area contributed by atoms with Gasteiger partial charge >= 0.3 is 0 Å². The lowest BCUT2D eigenvalue weighted by Gasteiger charge is -2.21. The summed E-state index contributed by atoms with van der Waals surface area (Å²) < 4.78 is 7.14. The summed E-state index contributed by atoms with van der Waals surface area (Å²) in [5.74, 6) is 1.06. The van der Waals surface area contributed by atoms with Gasteiger partial charge in [0, 0.05) is 23.9 Å². The topological polar surface area (TPSA) is 21.3 Å². The third-order valence-electron chi connectivity index (χ3n) is 3.07.